The summed E-state index contributed by atoms with van der Waals surface area (Å²) in [7, 11) is -0.176. The zero-order chi connectivity index (χ0) is 14.8. The summed E-state index contributed by atoms with van der Waals surface area (Å²) in [5.41, 5.74) is 1.05. The van der Waals surface area contributed by atoms with Crippen molar-refractivity contribution in [3.63, 3.8) is 0 Å². The Morgan fingerprint density at radius 3 is 2.40 bits per heavy atom. The average Bonchev–Trinajstić information content (AvgIpc) is 2.39. The minimum atomic E-state index is -3.77. The summed E-state index contributed by atoms with van der Waals surface area (Å²) in [6, 6.07) is 6.32. The molecule has 1 N–H and O–H groups in total. The summed E-state index contributed by atoms with van der Waals surface area (Å²) in [5, 5.41) is 0. The molecule has 0 radical (unpaired) electrons. The predicted molar refractivity (Wildman–Crippen MR) is 75.8 cm³/mol. The van der Waals surface area contributed by atoms with Crippen molar-refractivity contribution in [3.05, 3.63) is 48.5 Å². The van der Waals surface area contributed by atoms with Gasteiger partial charge in [0, 0.05) is 20.3 Å². The Bertz CT molecular complexity index is 700. The van der Waals surface area contributed by atoms with Gasteiger partial charge in [-0.05, 0) is 30.3 Å². The largest absolute Gasteiger partial charge is 0.376 e. The smallest absolute Gasteiger partial charge is 0.262 e. The molecule has 0 atom stereocenters. The molecule has 106 valence electrons. The van der Waals surface area contributed by atoms with Crippen LogP contribution < -0.4 is 9.62 Å². The van der Waals surface area contributed by atoms with Crippen LogP contribution in [0.2, 0.25) is 0 Å². The van der Waals surface area contributed by atoms with E-state index in [4.69, 9.17) is 0 Å². The van der Waals surface area contributed by atoms with E-state index in [1.807, 2.05) is 0 Å². The molecule has 0 aliphatic carbocycles. The molecule has 1 heterocycles. The van der Waals surface area contributed by atoms with E-state index >= 15 is 0 Å². The number of anilines is 2. The van der Waals surface area contributed by atoms with Crippen LogP contribution in [0.1, 0.15) is 0 Å². The van der Waals surface area contributed by atoms with Gasteiger partial charge in [-0.25, -0.2) is 12.8 Å². The topological polar surface area (TPSA) is 62.3 Å². The Balaban J connectivity index is 2.36. The minimum absolute atomic E-state index is 0.00698. The van der Waals surface area contributed by atoms with Gasteiger partial charge >= 0.3 is 0 Å². The second kappa shape index (κ2) is 5.46. The van der Waals surface area contributed by atoms with E-state index in [-0.39, 0.29) is 4.90 Å². The normalized spacial score (nSPS) is 11.2. The number of nitrogens with zero attached hydrogens (tertiary/aromatic N) is 2. The third-order valence-corrected chi connectivity index (χ3v) is 4.03. The predicted octanol–water partition coefficient (Wildman–Crippen LogP) is 2.09. The second-order valence-electron chi connectivity index (χ2n) is 4.35. The maximum atomic E-state index is 12.8. The van der Waals surface area contributed by atoms with Crippen LogP contribution >= 0.6 is 0 Å². The van der Waals surface area contributed by atoms with Gasteiger partial charge in [0.25, 0.3) is 10.0 Å². The van der Waals surface area contributed by atoms with Gasteiger partial charge < -0.3 is 4.90 Å². The number of rotatable bonds is 4. The summed E-state index contributed by atoms with van der Waals surface area (Å²) in [4.78, 5) is 5.67. The van der Waals surface area contributed by atoms with Gasteiger partial charge in [-0.2, -0.15) is 0 Å². The number of benzene rings is 1. The molecule has 0 saturated carbocycles. The summed E-state index contributed by atoms with van der Waals surface area (Å²) < 4.78 is 39.7. The van der Waals surface area contributed by atoms with Gasteiger partial charge in [-0.1, -0.05) is 0 Å². The molecular weight excluding hydrogens is 281 g/mol. The van der Waals surface area contributed by atoms with Gasteiger partial charge in [0.05, 0.1) is 22.5 Å². The van der Waals surface area contributed by atoms with Crippen molar-refractivity contribution in [2.75, 3.05) is 23.7 Å². The number of hydrogen-bond acceptors (Lipinski definition) is 4. The first-order valence-corrected chi connectivity index (χ1v) is 7.28. The maximum absolute atomic E-state index is 12.8. The van der Waals surface area contributed by atoms with Crippen LogP contribution in [0.4, 0.5) is 15.8 Å². The van der Waals surface area contributed by atoms with Crippen molar-refractivity contribution in [2.24, 2.45) is 0 Å². The molecule has 2 aromatic rings. The Hall–Kier alpha value is -2.15. The number of sulfonamides is 1. The van der Waals surface area contributed by atoms with Crippen LogP contribution in [0.25, 0.3) is 0 Å². The van der Waals surface area contributed by atoms with Crippen molar-refractivity contribution in [3.8, 4) is 0 Å². The first-order valence-electron chi connectivity index (χ1n) is 5.80. The summed E-state index contributed by atoms with van der Waals surface area (Å²) in [6.45, 7) is 0. The lowest BCUT2D eigenvalue weighted by atomic mass is 10.3. The molecule has 5 nitrogen and oxygen atoms in total. The second-order valence-corrected chi connectivity index (χ2v) is 6.03. The number of pyridine rings is 1. The SMILES string of the molecule is CN(C)c1ccncc1NS(=O)(=O)c1ccc(F)cc1. The van der Waals surface area contributed by atoms with Gasteiger partial charge in [0.2, 0.25) is 0 Å². The van der Waals surface area contributed by atoms with Crippen LogP contribution in [0, 0.1) is 5.82 Å². The van der Waals surface area contributed by atoms with Crippen LogP contribution in [-0.4, -0.2) is 27.5 Å². The minimum Gasteiger partial charge on any atom is -0.376 e. The van der Waals surface area contributed by atoms with Crippen LogP contribution in [0.3, 0.4) is 0 Å². The molecular formula is C13H14FN3O2S. The molecule has 0 fully saturated rings. The quantitative estimate of drug-likeness (QED) is 0.938. The van der Waals surface area contributed by atoms with Crippen molar-refractivity contribution in [1.82, 2.24) is 4.98 Å². The molecule has 1 aromatic heterocycles. The van der Waals surface area contributed by atoms with Gasteiger partial charge in [0.15, 0.2) is 0 Å². The maximum Gasteiger partial charge on any atom is 0.262 e. The van der Waals surface area contributed by atoms with Gasteiger partial charge in [-0.3, -0.25) is 9.71 Å². The van der Waals surface area contributed by atoms with Crippen molar-refractivity contribution >= 4 is 21.4 Å². The molecule has 0 aliphatic heterocycles. The van der Waals surface area contributed by atoms with E-state index in [2.05, 4.69) is 9.71 Å². The van der Waals surface area contributed by atoms with E-state index in [1.165, 1.54) is 18.3 Å². The summed E-state index contributed by atoms with van der Waals surface area (Å²) >= 11 is 0. The molecule has 1 aromatic carbocycles. The summed E-state index contributed by atoms with van der Waals surface area (Å²) in [6.07, 6.45) is 3.00. The number of halogens is 1. The highest BCUT2D eigenvalue weighted by atomic mass is 32.2. The van der Waals surface area contributed by atoms with Crippen LogP contribution in [0.5, 0.6) is 0 Å². The molecule has 7 heteroatoms. The lowest BCUT2D eigenvalue weighted by molar-refractivity contribution is 0.599. The average molecular weight is 295 g/mol. The first-order chi connectivity index (χ1) is 9.40. The molecule has 20 heavy (non-hydrogen) atoms. The monoisotopic (exact) mass is 295 g/mol. The summed E-state index contributed by atoms with van der Waals surface area (Å²) in [5.74, 6) is -0.487. The fraction of sp³-hybridized carbons (Fsp3) is 0.154. The highest BCUT2D eigenvalue weighted by Gasteiger charge is 2.16. The van der Waals surface area contributed by atoms with Crippen LogP contribution in [-0.2, 0) is 10.0 Å². The number of hydrogen-bond donors (Lipinski definition) is 1. The molecule has 0 bridgehead atoms. The Kier molecular flexibility index (Phi) is 3.89. The Morgan fingerprint density at radius 1 is 1.15 bits per heavy atom. The van der Waals surface area contributed by atoms with E-state index in [0.29, 0.717) is 11.4 Å². The third kappa shape index (κ3) is 3.05. The van der Waals surface area contributed by atoms with Crippen LogP contribution in [0.15, 0.2) is 47.6 Å². The molecule has 0 unspecified atom stereocenters. The van der Waals surface area contributed by atoms with E-state index in [9.17, 15) is 12.8 Å². The third-order valence-electron chi connectivity index (χ3n) is 2.65. The number of nitrogens with one attached hydrogen (secondary N) is 1. The zero-order valence-electron chi connectivity index (χ0n) is 11.0. The van der Waals surface area contributed by atoms with E-state index < -0.39 is 15.8 Å². The molecule has 0 aliphatic rings. The van der Waals surface area contributed by atoms with Crippen molar-refractivity contribution < 1.29 is 12.8 Å². The van der Waals surface area contributed by atoms with E-state index in [0.717, 1.165) is 12.1 Å². The lowest BCUT2D eigenvalue weighted by Gasteiger charge is -2.17. The van der Waals surface area contributed by atoms with Gasteiger partial charge in [-0.15, -0.1) is 0 Å². The Labute approximate surface area is 117 Å². The zero-order valence-corrected chi connectivity index (χ0v) is 11.9. The van der Waals surface area contributed by atoms with Crippen molar-refractivity contribution in [2.45, 2.75) is 4.90 Å². The van der Waals surface area contributed by atoms with Gasteiger partial charge in [0.1, 0.15) is 5.82 Å². The highest BCUT2D eigenvalue weighted by molar-refractivity contribution is 7.92. The molecule has 0 saturated heterocycles. The molecule has 2 rings (SSSR count). The van der Waals surface area contributed by atoms with E-state index in [1.54, 1.807) is 31.3 Å². The number of aromatic nitrogens is 1. The first kappa shape index (κ1) is 14.3. The standard InChI is InChI=1S/C13H14FN3O2S/c1-17(2)13-7-8-15-9-12(13)16-20(18,19)11-5-3-10(14)4-6-11/h3-9,16H,1-2H3. The fourth-order valence-corrected chi connectivity index (χ4v) is 2.73. The Morgan fingerprint density at radius 2 is 1.80 bits per heavy atom. The fourth-order valence-electron chi connectivity index (χ4n) is 1.67. The molecule has 0 amide bonds. The highest BCUT2D eigenvalue weighted by Crippen LogP contribution is 2.25. The lowest BCUT2D eigenvalue weighted by Crippen LogP contribution is -2.17. The van der Waals surface area contributed by atoms with Crippen molar-refractivity contribution in [1.29, 1.82) is 0 Å². The molecule has 0 spiro atoms.